The molecular formula is C11H20. The van der Waals surface area contributed by atoms with Crippen molar-refractivity contribution in [3.8, 4) is 0 Å². The van der Waals surface area contributed by atoms with Crippen molar-refractivity contribution in [2.45, 2.75) is 46.0 Å². The summed E-state index contributed by atoms with van der Waals surface area (Å²) >= 11 is 0. The summed E-state index contributed by atoms with van der Waals surface area (Å²) in [4.78, 5) is 0. The number of rotatable bonds is 6. The van der Waals surface area contributed by atoms with Gasteiger partial charge in [0, 0.05) is 0 Å². The van der Waals surface area contributed by atoms with Gasteiger partial charge in [0.25, 0.3) is 0 Å². The largest absolute Gasteiger partial charge is 0.100 e. The van der Waals surface area contributed by atoms with E-state index in [1.165, 1.54) is 37.7 Å². The highest BCUT2D eigenvalue weighted by molar-refractivity contribution is 4.89. The zero-order valence-corrected chi connectivity index (χ0v) is 7.90. The van der Waals surface area contributed by atoms with E-state index in [1.54, 1.807) is 0 Å². The van der Waals surface area contributed by atoms with Crippen LogP contribution in [0.2, 0.25) is 0 Å². The molecule has 0 radical (unpaired) electrons. The topological polar surface area (TPSA) is 0 Å². The van der Waals surface area contributed by atoms with E-state index in [-0.39, 0.29) is 0 Å². The summed E-state index contributed by atoms with van der Waals surface area (Å²) in [5.41, 5.74) is 1.30. The average Bonchev–Trinajstić information content (AvgIpc) is 1.96. The van der Waals surface area contributed by atoms with Crippen LogP contribution in [-0.2, 0) is 0 Å². The monoisotopic (exact) mass is 152 g/mol. The van der Waals surface area contributed by atoms with Gasteiger partial charge in [-0.15, -0.1) is 6.58 Å². The molecule has 0 aliphatic rings. The summed E-state index contributed by atoms with van der Waals surface area (Å²) in [6, 6.07) is 0. The lowest BCUT2D eigenvalue weighted by Crippen LogP contribution is -1.74. The fourth-order valence-electron chi connectivity index (χ4n) is 0.924. The Morgan fingerprint density at radius 3 is 2.45 bits per heavy atom. The van der Waals surface area contributed by atoms with Gasteiger partial charge in [-0.1, -0.05) is 31.1 Å². The second-order valence-electron chi connectivity index (χ2n) is 3.11. The lowest BCUT2D eigenvalue weighted by Gasteiger charge is -1.94. The van der Waals surface area contributed by atoms with Crippen molar-refractivity contribution in [3.63, 3.8) is 0 Å². The summed E-state index contributed by atoms with van der Waals surface area (Å²) in [7, 11) is 0. The first-order chi connectivity index (χ1) is 5.27. The van der Waals surface area contributed by atoms with Gasteiger partial charge in [0.1, 0.15) is 0 Å². The van der Waals surface area contributed by atoms with Gasteiger partial charge in [0.15, 0.2) is 0 Å². The summed E-state index contributed by atoms with van der Waals surface area (Å²) < 4.78 is 0. The predicted molar refractivity (Wildman–Crippen MR) is 52.7 cm³/mol. The molecule has 0 heterocycles. The maximum atomic E-state index is 3.87. The van der Waals surface area contributed by atoms with Crippen molar-refractivity contribution in [2.24, 2.45) is 0 Å². The minimum absolute atomic E-state index is 1.18. The van der Waals surface area contributed by atoms with Crippen LogP contribution < -0.4 is 0 Å². The quantitative estimate of drug-likeness (QED) is 0.397. The van der Waals surface area contributed by atoms with E-state index in [0.29, 0.717) is 0 Å². The molecule has 0 spiro atoms. The first-order valence-corrected chi connectivity index (χ1v) is 4.56. The van der Waals surface area contributed by atoms with Gasteiger partial charge in [0.2, 0.25) is 0 Å². The van der Waals surface area contributed by atoms with Gasteiger partial charge in [-0.05, 0) is 32.6 Å². The van der Waals surface area contributed by atoms with Crippen molar-refractivity contribution < 1.29 is 0 Å². The van der Waals surface area contributed by atoms with Crippen molar-refractivity contribution in [1.82, 2.24) is 0 Å². The minimum Gasteiger partial charge on any atom is -0.100 e. The molecule has 0 nitrogen and oxygen atoms in total. The molecule has 0 amide bonds. The molecule has 0 rings (SSSR count). The van der Waals surface area contributed by atoms with Crippen molar-refractivity contribution in [1.29, 1.82) is 0 Å². The first-order valence-electron chi connectivity index (χ1n) is 4.56. The number of allylic oxidation sites excluding steroid dienone is 3. The summed E-state index contributed by atoms with van der Waals surface area (Å²) in [6.07, 6.45) is 10.7. The van der Waals surface area contributed by atoms with Crippen LogP contribution >= 0.6 is 0 Å². The fraction of sp³-hybridized carbons (Fsp3) is 0.636. The fourth-order valence-corrected chi connectivity index (χ4v) is 0.924. The zero-order valence-electron chi connectivity index (χ0n) is 7.90. The SMILES string of the molecule is C=C(C)CCCC=CCCC. The molecule has 0 N–H and O–H groups in total. The van der Waals surface area contributed by atoms with Crippen LogP contribution in [0.4, 0.5) is 0 Å². The Kier molecular flexibility index (Phi) is 7.23. The van der Waals surface area contributed by atoms with Crippen LogP contribution in [0, 0.1) is 0 Å². The Hall–Kier alpha value is -0.520. The molecule has 0 aliphatic heterocycles. The molecule has 0 aromatic carbocycles. The number of hydrogen-bond acceptors (Lipinski definition) is 0. The minimum atomic E-state index is 1.18. The average molecular weight is 152 g/mol. The van der Waals surface area contributed by atoms with E-state index in [2.05, 4.69) is 32.6 Å². The molecule has 0 unspecified atom stereocenters. The van der Waals surface area contributed by atoms with Gasteiger partial charge < -0.3 is 0 Å². The summed E-state index contributed by atoms with van der Waals surface area (Å²) in [6.45, 7) is 8.16. The third kappa shape index (κ3) is 9.48. The van der Waals surface area contributed by atoms with E-state index in [1.807, 2.05) is 0 Å². The lowest BCUT2D eigenvalue weighted by molar-refractivity contribution is 0.829. The highest BCUT2D eigenvalue weighted by Crippen LogP contribution is 2.04. The van der Waals surface area contributed by atoms with Crippen molar-refractivity contribution in [3.05, 3.63) is 24.3 Å². The zero-order chi connectivity index (χ0) is 8.53. The molecule has 0 aromatic rings. The van der Waals surface area contributed by atoms with Crippen LogP contribution in [0.3, 0.4) is 0 Å². The van der Waals surface area contributed by atoms with E-state index >= 15 is 0 Å². The number of unbranched alkanes of at least 4 members (excludes halogenated alkanes) is 2. The van der Waals surface area contributed by atoms with Crippen LogP contribution in [0.5, 0.6) is 0 Å². The molecule has 0 aliphatic carbocycles. The highest BCUT2D eigenvalue weighted by atomic mass is 13.9. The molecule has 0 saturated heterocycles. The molecule has 0 aromatic heterocycles. The van der Waals surface area contributed by atoms with Gasteiger partial charge in [-0.2, -0.15) is 0 Å². The predicted octanol–water partition coefficient (Wildman–Crippen LogP) is 4.09. The molecular weight excluding hydrogens is 132 g/mol. The maximum Gasteiger partial charge on any atom is -0.0323 e. The standard InChI is InChI=1S/C11H20/c1-4-5-6-7-8-9-10-11(2)3/h6-7H,2,4-5,8-10H2,1,3H3. The Labute approximate surface area is 71.0 Å². The van der Waals surface area contributed by atoms with Gasteiger partial charge >= 0.3 is 0 Å². The Bertz CT molecular complexity index is 120. The second kappa shape index (κ2) is 7.59. The van der Waals surface area contributed by atoms with Gasteiger partial charge in [-0.25, -0.2) is 0 Å². The van der Waals surface area contributed by atoms with Crippen LogP contribution in [0.1, 0.15) is 46.0 Å². The normalized spacial score (nSPS) is 10.7. The van der Waals surface area contributed by atoms with Gasteiger partial charge in [0.05, 0.1) is 0 Å². The summed E-state index contributed by atoms with van der Waals surface area (Å²) in [5.74, 6) is 0. The van der Waals surface area contributed by atoms with Gasteiger partial charge in [-0.3, -0.25) is 0 Å². The maximum absolute atomic E-state index is 3.87. The van der Waals surface area contributed by atoms with E-state index in [0.717, 1.165) is 0 Å². The number of hydrogen-bond donors (Lipinski definition) is 0. The summed E-state index contributed by atoms with van der Waals surface area (Å²) in [5, 5.41) is 0. The van der Waals surface area contributed by atoms with Crippen LogP contribution in [0.25, 0.3) is 0 Å². The highest BCUT2D eigenvalue weighted by Gasteiger charge is 1.84. The lowest BCUT2D eigenvalue weighted by atomic mass is 10.1. The van der Waals surface area contributed by atoms with Crippen molar-refractivity contribution in [2.75, 3.05) is 0 Å². The first kappa shape index (κ1) is 10.5. The smallest absolute Gasteiger partial charge is 0.0323 e. The Balaban J connectivity index is 3.07. The second-order valence-corrected chi connectivity index (χ2v) is 3.11. The molecule has 11 heavy (non-hydrogen) atoms. The van der Waals surface area contributed by atoms with E-state index in [4.69, 9.17) is 0 Å². The molecule has 0 bridgehead atoms. The molecule has 0 atom stereocenters. The van der Waals surface area contributed by atoms with Crippen LogP contribution in [0.15, 0.2) is 24.3 Å². The molecule has 64 valence electrons. The Morgan fingerprint density at radius 1 is 1.27 bits per heavy atom. The molecule has 0 heteroatoms. The van der Waals surface area contributed by atoms with Crippen LogP contribution in [-0.4, -0.2) is 0 Å². The third-order valence-electron chi connectivity index (χ3n) is 1.60. The Morgan fingerprint density at radius 2 is 1.91 bits per heavy atom. The third-order valence-corrected chi connectivity index (χ3v) is 1.60. The van der Waals surface area contributed by atoms with E-state index < -0.39 is 0 Å². The molecule has 0 saturated carbocycles. The van der Waals surface area contributed by atoms with Crippen molar-refractivity contribution >= 4 is 0 Å². The van der Waals surface area contributed by atoms with E-state index in [9.17, 15) is 0 Å². The molecule has 0 fully saturated rings.